The first-order valence-electron chi connectivity index (χ1n) is 7.77. The zero-order valence-corrected chi connectivity index (χ0v) is 15.8. The number of aromatic nitrogens is 3. The number of sulfone groups is 1. The molecule has 0 amide bonds. The van der Waals surface area contributed by atoms with E-state index in [0.717, 1.165) is 17.0 Å². The second-order valence-electron chi connectivity index (χ2n) is 6.17. The van der Waals surface area contributed by atoms with Crippen LogP contribution in [0, 0.1) is 25.2 Å². The fourth-order valence-corrected chi connectivity index (χ4v) is 5.75. The van der Waals surface area contributed by atoms with Crippen molar-refractivity contribution in [2.24, 2.45) is 7.05 Å². The number of nitriles is 1. The van der Waals surface area contributed by atoms with Gasteiger partial charge in [0.25, 0.3) is 5.56 Å². The summed E-state index contributed by atoms with van der Waals surface area (Å²) in [4.78, 5) is 12.3. The van der Waals surface area contributed by atoms with E-state index in [2.05, 4.69) is 5.10 Å². The molecule has 1 atom stereocenters. The average molecular weight is 378 g/mol. The Kier molecular flexibility index (Phi) is 4.43. The summed E-state index contributed by atoms with van der Waals surface area (Å²) < 4.78 is 27.8. The van der Waals surface area contributed by atoms with E-state index >= 15 is 0 Å². The van der Waals surface area contributed by atoms with E-state index in [1.807, 2.05) is 19.9 Å². The molecular formula is C16H18N4O3S2. The van der Waals surface area contributed by atoms with Gasteiger partial charge in [0.2, 0.25) is 0 Å². The van der Waals surface area contributed by atoms with Gasteiger partial charge in [-0.2, -0.15) is 10.4 Å². The summed E-state index contributed by atoms with van der Waals surface area (Å²) in [5.74, 6) is 0.296. The van der Waals surface area contributed by atoms with Gasteiger partial charge < -0.3 is 4.57 Å². The minimum Gasteiger partial charge on any atom is -0.301 e. The lowest BCUT2D eigenvalue weighted by atomic mass is 10.2. The lowest BCUT2D eigenvalue weighted by Gasteiger charge is -2.10. The highest BCUT2D eigenvalue weighted by atomic mass is 32.2. The lowest BCUT2D eigenvalue weighted by Crippen LogP contribution is -2.28. The van der Waals surface area contributed by atoms with Crippen molar-refractivity contribution in [3.63, 3.8) is 0 Å². The Morgan fingerprint density at radius 3 is 2.72 bits per heavy atom. The SMILES string of the molecule is Cc1nn([C@H]2CCS(=O)(=O)C2)c(C)c1/C=c1\s/c(=C\C#N)n(C)c1=O. The smallest absolute Gasteiger partial charge is 0.268 e. The summed E-state index contributed by atoms with van der Waals surface area (Å²) in [5.41, 5.74) is 2.26. The maximum Gasteiger partial charge on any atom is 0.268 e. The van der Waals surface area contributed by atoms with Gasteiger partial charge in [-0.15, -0.1) is 11.3 Å². The van der Waals surface area contributed by atoms with E-state index in [9.17, 15) is 13.2 Å². The summed E-state index contributed by atoms with van der Waals surface area (Å²) in [6.07, 6.45) is 3.68. The summed E-state index contributed by atoms with van der Waals surface area (Å²) in [6.45, 7) is 3.73. The fourth-order valence-electron chi connectivity index (χ4n) is 3.10. The van der Waals surface area contributed by atoms with Crippen LogP contribution in [-0.4, -0.2) is 34.3 Å². The molecule has 132 valence electrons. The molecule has 0 N–H and O–H groups in total. The molecule has 1 aliphatic heterocycles. The van der Waals surface area contributed by atoms with Crippen molar-refractivity contribution < 1.29 is 8.42 Å². The highest BCUT2D eigenvalue weighted by molar-refractivity contribution is 7.91. The van der Waals surface area contributed by atoms with Crippen LogP contribution < -0.4 is 14.8 Å². The summed E-state index contributed by atoms with van der Waals surface area (Å²) >= 11 is 1.25. The standard InChI is InChI=1S/C16H18N4O3S2/c1-10-13(8-14-16(21)19(3)15(24-14)4-6-17)11(2)20(18-10)12-5-7-25(22,23)9-12/h4,8,12H,5,7,9H2,1-3H3/b14-8-,15-4-/t12-/m0/s1. The number of aryl methyl sites for hydroxylation is 1. The first kappa shape index (κ1) is 17.6. The number of hydrogen-bond donors (Lipinski definition) is 0. The Labute approximate surface area is 149 Å². The predicted molar refractivity (Wildman–Crippen MR) is 96.5 cm³/mol. The Hall–Kier alpha value is -2.18. The molecule has 25 heavy (non-hydrogen) atoms. The third-order valence-corrected chi connectivity index (χ3v) is 7.32. The molecular weight excluding hydrogens is 360 g/mol. The van der Waals surface area contributed by atoms with Crippen molar-refractivity contribution in [1.82, 2.24) is 14.3 Å². The molecule has 0 aliphatic carbocycles. The largest absolute Gasteiger partial charge is 0.301 e. The molecule has 3 rings (SSSR count). The van der Waals surface area contributed by atoms with Crippen molar-refractivity contribution in [2.75, 3.05) is 11.5 Å². The highest BCUT2D eigenvalue weighted by Crippen LogP contribution is 2.26. The molecule has 0 bridgehead atoms. The lowest BCUT2D eigenvalue weighted by molar-refractivity contribution is 0.486. The molecule has 9 heteroatoms. The molecule has 2 aromatic rings. The highest BCUT2D eigenvalue weighted by Gasteiger charge is 2.31. The van der Waals surface area contributed by atoms with Gasteiger partial charge in [-0.3, -0.25) is 9.48 Å². The van der Waals surface area contributed by atoms with Crippen molar-refractivity contribution in [3.8, 4) is 6.07 Å². The van der Waals surface area contributed by atoms with E-state index < -0.39 is 9.84 Å². The van der Waals surface area contributed by atoms with E-state index in [1.165, 1.54) is 22.0 Å². The third-order valence-electron chi connectivity index (χ3n) is 4.46. The monoisotopic (exact) mass is 378 g/mol. The summed E-state index contributed by atoms with van der Waals surface area (Å²) in [7, 11) is -1.36. The van der Waals surface area contributed by atoms with Gasteiger partial charge in [0, 0.05) is 24.4 Å². The molecule has 0 aromatic carbocycles. The van der Waals surface area contributed by atoms with Gasteiger partial charge in [-0.1, -0.05) is 0 Å². The van der Waals surface area contributed by atoms with Crippen LogP contribution in [-0.2, 0) is 16.9 Å². The van der Waals surface area contributed by atoms with Crippen molar-refractivity contribution in [1.29, 1.82) is 5.26 Å². The Bertz CT molecular complexity index is 1160. The zero-order valence-electron chi connectivity index (χ0n) is 14.2. The zero-order chi connectivity index (χ0) is 18.4. The second-order valence-corrected chi connectivity index (χ2v) is 9.46. The minimum absolute atomic E-state index is 0.108. The van der Waals surface area contributed by atoms with Crippen LogP contribution in [0.2, 0.25) is 0 Å². The van der Waals surface area contributed by atoms with Gasteiger partial charge >= 0.3 is 0 Å². The van der Waals surface area contributed by atoms with Crippen molar-refractivity contribution in [2.45, 2.75) is 26.3 Å². The number of nitrogens with zero attached hydrogens (tertiary/aromatic N) is 4. The Balaban J connectivity index is 2.12. The molecule has 0 radical (unpaired) electrons. The Morgan fingerprint density at radius 1 is 1.40 bits per heavy atom. The number of hydrogen-bond acceptors (Lipinski definition) is 6. The molecule has 1 saturated heterocycles. The van der Waals surface area contributed by atoms with Crippen molar-refractivity contribution in [3.05, 3.63) is 36.5 Å². The molecule has 3 heterocycles. The predicted octanol–water partition coefficient (Wildman–Crippen LogP) is -0.247. The molecule has 1 fully saturated rings. The maximum absolute atomic E-state index is 12.3. The first-order chi connectivity index (χ1) is 11.7. The molecule has 0 spiro atoms. The van der Waals surface area contributed by atoms with E-state index in [0.29, 0.717) is 15.6 Å². The first-order valence-corrected chi connectivity index (χ1v) is 10.4. The van der Waals surface area contributed by atoms with E-state index in [1.54, 1.807) is 17.8 Å². The third kappa shape index (κ3) is 3.19. The van der Waals surface area contributed by atoms with Crippen molar-refractivity contribution >= 4 is 33.3 Å². The minimum atomic E-state index is -3.00. The Morgan fingerprint density at radius 2 is 2.12 bits per heavy atom. The number of thiazole rings is 1. The molecule has 0 unspecified atom stereocenters. The second kappa shape index (κ2) is 6.28. The van der Waals surface area contributed by atoms with E-state index in [-0.39, 0.29) is 23.1 Å². The summed E-state index contributed by atoms with van der Waals surface area (Å²) in [5, 5.41) is 13.3. The topological polar surface area (TPSA) is 97.8 Å². The van der Waals surface area contributed by atoms with Gasteiger partial charge in [0.15, 0.2) is 9.84 Å². The van der Waals surface area contributed by atoms with Crippen LogP contribution in [0.15, 0.2) is 4.79 Å². The normalized spacial score (nSPS) is 21.0. The fraction of sp³-hybridized carbons (Fsp3) is 0.438. The van der Waals surface area contributed by atoms with Crippen LogP contribution in [0.25, 0.3) is 12.2 Å². The maximum atomic E-state index is 12.3. The van der Waals surface area contributed by atoms with Crippen LogP contribution in [0.1, 0.15) is 29.4 Å². The van der Waals surface area contributed by atoms with Crippen LogP contribution in [0.5, 0.6) is 0 Å². The van der Waals surface area contributed by atoms with Gasteiger partial charge in [0.05, 0.1) is 33.8 Å². The molecule has 0 saturated carbocycles. The number of rotatable bonds is 2. The average Bonchev–Trinajstić information content (AvgIpc) is 3.13. The van der Waals surface area contributed by atoms with Crippen LogP contribution in [0.4, 0.5) is 0 Å². The molecule has 1 aliphatic rings. The quantitative estimate of drug-likeness (QED) is 0.718. The molecule has 2 aromatic heterocycles. The van der Waals surface area contributed by atoms with Crippen LogP contribution >= 0.6 is 11.3 Å². The summed E-state index contributed by atoms with van der Waals surface area (Å²) in [6, 6.07) is 1.79. The van der Waals surface area contributed by atoms with Gasteiger partial charge in [-0.25, -0.2) is 8.42 Å². The van der Waals surface area contributed by atoms with Gasteiger partial charge in [0.1, 0.15) is 4.66 Å². The van der Waals surface area contributed by atoms with Gasteiger partial charge in [-0.05, 0) is 26.3 Å². The van der Waals surface area contributed by atoms with Crippen LogP contribution in [0.3, 0.4) is 0 Å². The van der Waals surface area contributed by atoms with E-state index in [4.69, 9.17) is 5.26 Å². The molecule has 7 nitrogen and oxygen atoms in total.